The Hall–Kier alpha value is -2.68. The Labute approximate surface area is 158 Å². The maximum atomic E-state index is 14.9. The predicted molar refractivity (Wildman–Crippen MR) is 107 cm³/mol. The van der Waals surface area contributed by atoms with Crippen molar-refractivity contribution in [3.05, 3.63) is 102 Å². The summed E-state index contributed by atoms with van der Waals surface area (Å²) in [6, 6.07) is 23.9. The van der Waals surface area contributed by atoms with Crippen LogP contribution in [-0.2, 0) is 4.57 Å². The van der Waals surface area contributed by atoms with E-state index in [0.717, 1.165) is 5.82 Å². The van der Waals surface area contributed by atoms with Crippen molar-refractivity contribution in [1.82, 2.24) is 0 Å². The Morgan fingerprint density at radius 3 is 1.85 bits per heavy atom. The summed E-state index contributed by atoms with van der Waals surface area (Å²) in [6.45, 7) is 0. The van der Waals surface area contributed by atoms with E-state index in [4.69, 9.17) is 4.74 Å². The summed E-state index contributed by atoms with van der Waals surface area (Å²) in [6.07, 6.45) is -1.50. The van der Waals surface area contributed by atoms with Crippen LogP contribution >= 0.6 is 7.14 Å². The minimum Gasteiger partial charge on any atom is -0.497 e. The molecule has 138 valence electrons. The molecule has 0 heterocycles. The summed E-state index contributed by atoms with van der Waals surface area (Å²) < 4.78 is 33.8. The summed E-state index contributed by atoms with van der Waals surface area (Å²) in [5.41, 5.74) is 0.359. The summed E-state index contributed by atoms with van der Waals surface area (Å²) in [7, 11) is -1.86. The monoisotopic (exact) mass is 382 g/mol. The number of aliphatic hydroxyl groups is 1. The molecule has 0 saturated carbocycles. The van der Waals surface area contributed by atoms with Gasteiger partial charge >= 0.3 is 0 Å². The molecule has 3 rings (SSSR count). The molecular formula is C22H20FO3P. The maximum absolute atomic E-state index is 14.9. The van der Waals surface area contributed by atoms with Gasteiger partial charge in [0.1, 0.15) is 17.7 Å². The Bertz CT molecular complexity index is 910. The highest BCUT2D eigenvalue weighted by Crippen LogP contribution is 2.47. The van der Waals surface area contributed by atoms with Crippen molar-refractivity contribution >= 4 is 17.8 Å². The molecule has 3 nitrogen and oxygen atoms in total. The van der Waals surface area contributed by atoms with E-state index in [1.807, 2.05) is 12.1 Å². The van der Waals surface area contributed by atoms with Gasteiger partial charge in [0.15, 0.2) is 7.14 Å². The van der Waals surface area contributed by atoms with Crippen LogP contribution < -0.4 is 15.3 Å². The van der Waals surface area contributed by atoms with Gasteiger partial charge in [-0.2, -0.15) is 0 Å². The average molecular weight is 382 g/mol. The van der Waals surface area contributed by atoms with Crippen molar-refractivity contribution in [1.29, 1.82) is 0 Å². The highest BCUT2D eigenvalue weighted by molar-refractivity contribution is 7.81. The molecule has 3 aromatic carbocycles. The number of rotatable bonds is 6. The zero-order chi connectivity index (χ0) is 19.3. The zero-order valence-electron chi connectivity index (χ0n) is 14.8. The van der Waals surface area contributed by atoms with Crippen LogP contribution in [0.3, 0.4) is 0 Å². The minimum absolute atomic E-state index is 0.359. The van der Waals surface area contributed by atoms with Crippen LogP contribution in [-0.4, -0.2) is 12.2 Å². The van der Waals surface area contributed by atoms with Gasteiger partial charge in [0.05, 0.1) is 7.11 Å². The van der Waals surface area contributed by atoms with Crippen LogP contribution in [0.4, 0.5) is 4.39 Å². The number of benzene rings is 3. The summed E-state index contributed by atoms with van der Waals surface area (Å²) >= 11 is 0. The van der Waals surface area contributed by atoms with Crippen molar-refractivity contribution in [2.24, 2.45) is 0 Å². The molecule has 0 bridgehead atoms. The molecule has 0 saturated heterocycles. The minimum atomic E-state index is -3.39. The lowest BCUT2D eigenvalue weighted by atomic mass is 10.1. The molecule has 0 radical (unpaired) electrons. The Balaban J connectivity index is 2.03. The van der Waals surface area contributed by atoms with E-state index < -0.39 is 19.1 Å². The second kappa shape index (κ2) is 8.34. The highest BCUT2D eigenvalue weighted by atomic mass is 31.2. The molecule has 27 heavy (non-hydrogen) atoms. The van der Waals surface area contributed by atoms with Gasteiger partial charge < -0.3 is 14.4 Å². The van der Waals surface area contributed by atoms with E-state index in [9.17, 15) is 14.1 Å². The molecule has 0 aliphatic rings. The number of halogens is 1. The van der Waals surface area contributed by atoms with Gasteiger partial charge in [-0.1, -0.05) is 72.8 Å². The van der Waals surface area contributed by atoms with Gasteiger partial charge in [-0.3, -0.25) is 0 Å². The molecule has 1 unspecified atom stereocenters. The standard InChI is InChI=1S/C22H20FO3P/c1-26-18-14-12-17(13-15-18)22(24)21(23)16-27(25,19-8-4-2-5-9-19)20-10-6-3-7-11-20/h2-16,22,24H,1H3/b21-16+. The fraction of sp³-hybridized carbons (Fsp3) is 0.0909. The lowest BCUT2D eigenvalue weighted by molar-refractivity contribution is 0.186. The number of hydrogen-bond donors (Lipinski definition) is 1. The molecule has 3 aromatic rings. The van der Waals surface area contributed by atoms with Gasteiger partial charge in [0.25, 0.3) is 0 Å². The summed E-state index contributed by atoms with van der Waals surface area (Å²) in [5, 5.41) is 11.4. The van der Waals surface area contributed by atoms with Crippen molar-refractivity contribution in [3.8, 4) is 5.75 Å². The molecular weight excluding hydrogens is 362 g/mol. The van der Waals surface area contributed by atoms with Crippen LogP contribution in [0.2, 0.25) is 0 Å². The largest absolute Gasteiger partial charge is 0.497 e. The van der Waals surface area contributed by atoms with Crippen LogP contribution in [0.15, 0.2) is 96.6 Å². The third kappa shape index (κ3) is 4.19. The Morgan fingerprint density at radius 2 is 1.41 bits per heavy atom. The molecule has 1 atom stereocenters. The molecule has 0 aliphatic heterocycles. The van der Waals surface area contributed by atoms with Gasteiger partial charge in [-0.05, 0) is 17.7 Å². The molecule has 0 aromatic heterocycles. The third-order valence-corrected chi connectivity index (χ3v) is 7.02. The third-order valence-electron chi connectivity index (χ3n) is 4.28. The van der Waals surface area contributed by atoms with E-state index in [0.29, 0.717) is 21.9 Å². The number of hydrogen-bond acceptors (Lipinski definition) is 3. The van der Waals surface area contributed by atoms with Gasteiger partial charge in [-0.15, -0.1) is 0 Å². The van der Waals surface area contributed by atoms with Crippen molar-refractivity contribution < 1.29 is 18.8 Å². The SMILES string of the molecule is COc1ccc(C(O)/C(F)=C\P(=O)(c2ccccc2)c2ccccc2)cc1. The first kappa shape index (κ1) is 19.1. The Kier molecular flexibility index (Phi) is 5.90. The quantitative estimate of drug-likeness (QED) is 0.636. The smallest absolute Gasteiger partial charge is 0.166 e. The number of aliphatic hydroxyl groups excluding tert-OH is 1. The topological polar surface area (TPSA) is 46.5 Å². The molecule has 1 N–H and O–H groups in total. The van der Waals surface area contributed by atoms with E-state index in [2.05, 4.69) is 0 Å². The van der Waals surface area contributed by atoms with E-state index in [1.54, 1.807) is 72.8 Å². The second-order valence-corrected chi connectivity index (χ2v) is 8.63. The molecule has 0 aliphatic carbocycles. The first-order valence-electron chi connectivity index (χ1n) is 8.46. The number of methoxy groups -OCH3 is 1. The van der Waals surface area contributed by atoms with Crippen molar-refractivity contribution in [2.75, 3.05) is 7.11 Å². The molecule has 0 spiro atoms. The maximum Gasteiger partial charge on any atom is 0.166 e. The van der Waals surface area contributed by atoms with E-state index in [-0.39, 0.29) is 0 Å². The second-order valence-electron chi connectivity index (χ2n) is 6.02. The summed E-state index contributed by atoms with van der Waals surface area (Å²) in [5.74, 6) is 0.817. The fourth-order valence-corrected chi connectivity index (χ4v) is 5.10. The lowest BCUT2D eigenvalue weighted by Gasteiger charge is -2.17. The summed E-state index contributed by atoms with van der Waals surface area (Å²) in [4.78, 5) is 0. The van der Waals surface area contributed by atoms with Gasteiger partial charge in [-0.25, -0.2) is 4.39 Å². The van der Waals surface area contributed by atoms with Crippen LogP contribution in [0, 0.1) is 0 Å². The normalized spacial score (nSPS) is 13.2. The zero-order valence-corrected chi connectivity index (χ0v) is 15.7. The van der Waals surface area contributed by atoms with Gasteiger partial charge in [0.2, 0.25) is 0 Å². The highest BCUT2D eigenvalue weighted by Gasteiger charge is 2.27. The van der Waals surface area contributed by atoms with Crippen LogP contribution in [0.25, 0.3) is 0 Å². The number of ether oxygens (including phenoxy) is 1. The first-order chi connectivity index (χ1) is 13.0. The van der Waals surface area contributed by atoms with Crippen LogP contribution in [0.5, 0.6) is 5.75 Å². The van der Waals surface area contributed by atoms with Crippen molar-refractivity contribution in [3.63, 3.8) is 0 Å². The predicted octanol–water partition coefficient (Wildman–Crippen LogP) is 4.55. The Morgan fingerprint density at radius 1 is 0.926 bits per heavy atom. The van der Waals surface area contributed by atoms with Crippen LogP contribution in [0.1, 0.15) is 11.7 Å². The molecule has 0 fully saturated rings. The van der Waals surface area contributed by atoms with Crippen molar-refractivity contribution in [2.45, 2.75) is 6.10 Å². The molecule has 5 heteroatoms. The first-order valence-corrected chi connectivity index (χ1v) is 10.2. The van der Waals surface area contributed by atoms with E-state index in [1.165, 1.54) is 7.11 Å². The van der Waals surface area contributed by atoms with Gasteiger partial charge in [0, 0.05) is 16.4 Å². The average Bonchev–Trinajstić information content (AvgIpc) is 2.74. The lowest BCUT2D eigenvalue weighted by Crippen LogP contribution is -2.14. The van der Waals surface area contributed by atoms with E-state index >= 15 is 0 Å². The molecule has 0 amide bonds. The fourth-order valence-electron chi connectivity index (χ4n) is 2.79.